The smallest absolute Gasteiger partial charge is 0.323 e. The molecule has 11 nitrogen and oxygen atoms in total. The van der Waals surface area contributed by atoms with Crippen molar-refractivity contribution in [1.29, 1.82) is 5.41 Å². The molecule has 0 unspecified atom stereocenters. The van der Waals surface area contributed by atoms with E-state index in [1.165, 1.54) is 0 Å². The Labute approximate surface area is 253 Å². The van der Waals surface area contributed by atoms with Crippen LogP contribution >= 0.6 is 0 Å². The summed E-state index contributed by atoms with van der Waals surface area (Å²) >= 11 is 0. The minimum atomic E-state index is -0.176. The molecule has 43 heavy (non-hydrogen) atoms. The number of unbranched alkanes of at least 4 members (excludes halogenated alkanes) is 2. The zero-order valence-corrected chi connectivity index (χ0v) is 25.2. The van der Waals surface area contributed by atoms with Crippen molar-refractivity contribution in [2.24, 2.45) is 0 Å². The maximum Gasteiger partial charge on any atom is 0.323 e. The van der Waals surface area contributed by atoms with Crippen LogP contribution < -0.4 is 30.2 Å². The first-order valence-corrected chi connectivity index (χ1v) is 15.2. The lowest BCUT2D eigenvalue weighted by Gasteiger charge is -2.15. The second kappa shape index (κ2) is 16.9. The average molecular weight is 590 g/mol. The second-order valence-corrected chi connectivity index (χ2v) is 10.5. The summed E-state index contributed by atoms with van der Waals surface area (Å²) < 4.78 is 17.7. The SMILES string of the molecule is CCOc1nc2nc(n1)Nc1ccc(C(=O)NCCCCCC(C)=N)c(c1)OCCCCCCOc1ccc(cc1)CN2. The van der Waals surface area contributed by atoms with Gasteiger partial charge < -0.3 is 35.6 Å². The van der Waals surface area contributed by atoms with Gasteiger partial charge in [-0.05, 0) is 88.6 Å². The predicted molar refractivity (Wildman–Crippen MR) is 168 cm³/mol. The average Bonchev–Trinajstić information content (AvgIpc) is 2.99. The van der Waals surface area contributed by atoms with Crippen LogP contribution in [0.15, 0.2) is 42.5 Å². The molecular weight excluding hydrogens is 546 g/mol. The Morgan fingerprint density at radius 1 is 0.953 bits per heavy atom. The van der Waals surface area contributed by atoms with E-state index in [-0.39, 0.29) is 11.9 Å². The third-order valence-corrected chi connectivity index (χ3v) is 6.82. The van der Waals surface area contributed by atoms with E-state index >= 15 is 0 Å². The van der Waals surface area contributed by atoms with Gasteiger partial charge in [-0.25, -0.2) is 0 Å². The number of aromatic nitrogens is 3. The van der Waals surface area contributed by atoms with E-state index in [1.54, 1.807) is 12.1 Å². The van der Waals surface area contributed by atoms with Crippen molar-refractivity contribution in [2.75, 3.05) is 37.0 Å². The van der Waals surface area contributed by atoms with Crippen molar-refractivity contribution in [3.05, 3.63) is 53.6 Å². The van der Waals surface area contributed by atoms with Crippen molar-refractivity contribution in [3.63, 3.8) is 0 Å². The molecule has 2 aromatic carbocycles. The summed E-state index contributed by atoms with van der Waals surface area (Å²) in [5.41, 5.74) is 2.90. The first kappa shape index (κ1) is 31.5. The third kappa shape index (κ3) is 10.7. The summed E-state index contributed by atoms with van der Waals surface area (Å²) in [6.45, 7) is 6.34. The quantitative estimate of drug-likeness (QED) is 0.167. The molecule has 5 rings (SSSR count). The van der Waals surface area contributed by atoms with Gasteiger partial charge in [0.2, 0.25) is 11.9 Å². The van der Waals surface area contributed by atoms with Crippen molar-refractivity contribution < 1.29 is 19.0 Å². The molecule has 11 heteroatoms. The summed E-state index contributed by atoms with van der Waals surface area (Å²) in [5, 5.41) is 17.0. The van der Waals surface area contributed by atoms with E-state index in [2.05, 4.69) is 30.9 Å². The van der Waals surface area contributed by atoms with Crippen LogP contribution in [-0.4, -0.2) is 52.9 Å². The molecule has 0 fully saturated rings. The van der Waals surface area contributed by atoms with Gasteiger partial charge in [0.25, 0.3) is 5.91 Å². The molecule has 1 aromatic heterocycles. The third-order valence-electron chi connectivity index (χ3n) is 6.82. The molecule has 2 aliphatic rings. The zero-order valence-electron chi connectivity index (χ0n) is 25.2. The van der Waals surface area contributed by atoms with Gasteiger partial charge >= 0.3 is 6.01 Å². The van der Waals surface area contributed by atoms with E-state index in [0.717, 1.165) is 62.7 Å². The minimum Gasteiger partial charge on any atom is -0.494 e. The van der Waals surface area contributed by atoms with Gasteiger partial charge in [0.15, 0.2) is 0 Å². The molecule has 4 N–H and O–H groups in total. The van der Waals surface area contributed by atoms with Crippen LogP contribution in [0.3, 0.4) is 0 Å². The molecule has 230 valence electrons. The molecule has 0 saturated carbocycles. The van der Waals surface area contributed by atoms with Crippen molar-refractivity contribution in [3.8, 4) is 17.5 Å². The fourth-order valence-corrected chi connectivity index (χ4v) is 4.52. The number of fused-ring (bicyclic) bond motifs is 10. The molecule has 0 aliphatic carbocycles. The number of carbonyl (C=O) groups excluding carboxylic acids is 1. The molecule has 1 amide bonds. The molecule has 0 radical (unpaired) electrons. The largest absolute Gasteiger partial charge is 0.494 e. The maximum atomic E-state index is 13.1. The van der Waals surface area contributed by atoms with Gasteiger partial charge in [0, 0.05) is 30.6 Å². The number of hydrogen-bond acceptors (Lipinski definition) is 10. The Morgan fingerprint density at radius 2 is 1.72 bits per heavy atom. The molecule has 0 atom stereocenters. The highest BCUT2D eigenvalue weighted by molar-refractivity contribution is 5.97. The Balaban J connectivity index is 1.51. The summed E-state index contributed by atoms with van der Waals surface area (Å²) in [6, 6.07) is 13.5. The summed E-state index contributed by atoms with van der Waals surface area (Å²) in [4.78, 5) is 26.4. The highest BCUT2D eigenvalue weighted by Crippen LogP contribution is 2.27. The fraction of sp³-hybridized carbons (Fsp3) is 0.469. The van der Waals surface area contributed by atoms with E-state index in [0.29, 0.717) is 67.5 Å². The Morgan fingerprint density at radius 3 is 2.49 bits per heavy atom. The molecule has 3 heterocycles. The van der Waals surface area contributed by atoms with E-state index < -0.39 is 0 Å². The van der Waals surface area contributed by atoms with Crippen LogP contribution in [0.25, 0.3) is 0 Å². The number of ether oxygens (including phenoxy) is 3. The minimum absolute atomic E-state index is 0.176. The highest BCUT2D eigenvalue weighted by atomic mass is 16.5. The van der Waals surface area contributed by atoms with Crippen molar-refractivity contribution >= 4 is 29.2 Å². The monoisotopic (exact) mass is 589 g/mol. The number of anilines is 3. The lowest BCUT2D eigenvalue weighted by Crippen LogP contribution is -2.25. The van der Waals surface area contributed by atoms with Crippen LogP contribution in [0.2, 0.25) is 0 Å². The molecule has 0 saturated heterocycles. The standard InChI is InChI=1S/C32H43N7O4/c1-3-41-32-38-30-35-22-24-12-15-26(16-13-24)42-19-9-4-5-10-20-43-28-21-25(36-31(37-30)39-32)14-17-27(28)29(40)34-18-8-6-7-11-23(2)33/h12-17,21,33H,3-11,18-20,22H2,1-2H3,(H,34,40)(H2,35,36,37,38,39). The zero-order chi connectivity index (χ0) is 30.3. The van der Waals surface area contributed by atoms with Crippen LogP contribution in [-0.2, 0) is 6.54 Å². The lowest BCUT2D eigenvalue weighted by atomic mass is 10.1. The Bertz CT molecular complexity index is 1330. The second-order valence-electron chi connectivity index (χ2n) is 10.5. The number of rotatable bonds is 9. The number of nitrogens with one attached hydrogen (secondary N) is 4. The first-order valence-electron chi connectivity index (χ1n) is 15.2. The summed E-state index contributed by atoms with van der Waals surface area (Å²) in [6.07, 6.45) is 7.42. The molecule has 0 spiro atoms. The van der Waals surface area contributed by atoms with E-state index in [4.69, 9.17) is 19.6 Å². The van der Waals surface area contributed by atoms with Gasteiger partial charge in [-0.2, -0.15) is 15.0 Å². The van der Waals surface area contributed by atoms with Gasteiger partial charge in [0.1, 0.15) is 11.5 Å². The Hall–Kier alpha value is -4.41. The molecule has 3 aromatic rings. The van der Waals surface area contributed by atoms with Crippen LogP contribution in [0.5, 0.6) is 17.5 Å². The van der Waals surface area contributed by atoms with Crippen LogP contribution in [0.4, 0.5) is 17.6 Å². The van der Waals surface area contributed by atoms with E-state index in [9.17, 15) is 4.79 Å². The molecular formula is C32H43N7O4. The number of hydrogen-bond donors (Lipinski definition) is 4. The Kier molecular flexibility index (Phi) is 12.4. The van der Waals surface area contributed by atoms with Gasteiger partial charge in [0.05, 0.1) is 25.4 Å². The van der Waals surface area contributed by atoms with Crippen LogP contribution in [0, 0.1) is 5.41 Å². The van der Waals surface area contributed by atoms with Gasteiger partial charge in [-0.3, -0.25) is 4.79 Å². The number of amides is 1. The maximum absolute atomic E-state index is 13.1. The molecule has 6 bridgehead atoms. The van der Waals surface area contributed by atoms with Crippen molar-refractivity contribution in [2.45, 2.75) is 71.8 Å². The van der Waals surface area contributed by atoms with Crippen LogP contribution in [0.1, 0.15) is 81.1 Å². The lowest BCUT2D eigenvalue weighted by molar-refractivity contribution is 0.0948. The molecule has 2 aliphatic heterocycles. The number of benzene rings is 2. The first-order chi connectivity index (χ1) is 21.0. The highest BCUT2D eigenvalue weighted by Gasteiger charge is 2.15. The van der Waals surface area contributed by atoms with Gasteiger partial charge in [-0.15, -0.1) is 0 Å². The topological polar surface area (TPSA) is 143 Å². The summed E-state index contributed by atoms with van der Waals surface area (Å²) in [7, 11) is 0. The fourth-order valence-electron chi connectivity index (χ4n) is 4.52. The number of nitrogens with zero attached hydrogens (tertiary/aromatic N) is 3. The van der Waals surface area contributed by atoms with Crippen molar-refractivity contribution in [1.82, 2.24) is 20.3 Å². The van der Waals surface area contributed by atoms with Gasteiger partial charge in [-0.1, -0.05) is 18.6 Å². The predicted octanol–water partition coefficient (Wildman–Crippen LogP) is 6.29. The number of carbonyl (C=O) groups is 1. The summed E-state index contributed by atoms with van der Waals surface area (Å²) in [5.74, 6) is 1.84. The normalized spacial score (nSPS) is 13.7. The van der Waals surface area contributed by atoms with E-state index in [1.807, 2.05) is 44.2 Å².